The van der Waals surface area contributed by atoms with Crippen molar-refractivity contribution in [3.05, 3.63) is 28.8 Å². The van der Waals surface area contributed by atoms with Crippen molar-refractivity contribution in [2.75, 3.05) is 6.26 Å². The molecule has 0 aromatic heterocycles. The third kappa shape index (κ3) is 1.98. The maximum atomic E-state index is 12.9. The van der Waals surface area contributed by atoms with E-state index in [0.29, 0.717) is 0 Å². The van der Waals surface area contributed by atoms with Crippen molar-refractivity contribution in [3.8, 4) is 0 Å². The number of benzene rings is 1. The standard InChI is InChI=1S/C8H3F7S/c1-16-7-5(11)3(9)2(8(13,14)15)4(10)6(7)12/h1H3. The van der Waals surface area contributed by atoms with Crippen LogP contribution in [0, 0.1) is 23.3 Å². The van der Waals surface area contributed by atoms with E-state index in [2.05, 4.69) is 0 Å². The summed E-state index contributed by atoms with van der Waals surface area (Å²) in [6.45, 7) is 0. The summed E-state index contributed by atoms with van der Waals surface area (Å²) in [7, 11) is 0. The maximum Gasteiger partial charge on any atom is 0.422 e. The van der Waals surface area contributed by atoms with Crippen molar-refractivity contribution >= 4 is 11.8 Å². The molecular formula is C8H3F7S. The Balaban J connectivity index is 3.67. The smallest absolute Gasteiger partial charge is 0.203 e. The minimum Gasteiger partial charge on any atom is -0.203 e. The fourth-order valence-corrected chi connectivity index (χ4v) is 1.58. The van der Waals surface area contributed by atoms with Gasteiger partial charge in [-0.1, -0.05) is 0 Å². The lowest BCUT2D eigenvalue weighted by Gasteiger charge is -2.12. The Kier molecular flexibility index (Phi) is 3.41. The van der Waals surface area contributed by atoms with Gasteiger partial charge in [-0.15, -0.1) is 11.8 Å². The highest BCUT2D eigenvalue weighted by atomic mass is 32.2. The number of alkyl halides is 3. The van der Waals surface area contributed by atoms with Crippen LogP contribution in [-0.4, -0.2) is 6.26 Å². The van der Waals surface area contributed by atoms with E-state index >= 15 is 0 Å². The Hall–Kier alpha value is -0.920. The van der Waals surface area contributed by atoms with E-state index in [9.17, 15) is 30.7 Å². The van der Waals surface area contributed by atoms with Gasteiger partial charge in [0, 0.05) is 0 Å². The summed E-state index contributed by atoms with van der Waals surface area (Å²) in [6.07, 6.45) is -4.42. The SMILES string of the molecule is CSc1c(F)c(F)c(C(F)(F)F)c(F)c1F. The van der Waals surface area contributed by atoms with Crippen molar-refractivity contribution in [2.24, 2.45) is 0 Å². The van der Waals surface area contributed by atoms with Crippen molar-refractivity contribution in [1.82, 2.24) is 0 Å². The first kappa shape index (κ1) is 13.1. The monoisotopic (exact) mass is 264 g/mol. The first-order chi connectivity index (χ1) is 7.21. The zero-order valence-corrected chi connectivity index (χ0v) is 8.37. The third-order valence-electron chi connectivity index (χ3n) is 1.71. The van der Waals surface area contributed by atoms with Gasteiger partial charge >= 0.3 is 6.18 Å². The molecule has 0 aliphatic carbocycles. The molecule has 0 atom stereocenters. The third-order valence-corrected chi connectivity index (χ3v) is 2.48. The number of hydrogen-bond donors (Lipinski definition) is 0. The van der Waals surface area contributed by atoms with E-state index in [-0.39, 0.29) is 11.8 Å². The fraction of sp³-hybridized carbons (Fsp3) is 0.250. The van der Waals surface area contributed by atoms with Crippen LogP contribution >= 0.6 is 11.8 Å². The predicted molar refractivity (Wildman–Crippen MR) is 43.1 cm³/mol. The van der Waals surface area contributed by atoms with Gasteiger partial charge in [0.1, 0.15) is 5.56 Å². The van der Waals surface area contributed by atoms with Crippen molar-refractivity contribution in [1.29, 1.82) is 0 Å². The van der Waals surface area contributed by atoms with Crippen LogP contribution in [0.3, 0.4) is 0 Å². The van der Waals surface area contributed by atoms with E-state index in [4.69, 9.17) is 0 Å². The second-order valence-corrected chi connectivity index (χ2v) is 3.48. The molecule has 1 aromatic rings. The van der Waals surface area contributed by atoms with Crippen LogP contribution < -0.4 is 0 Å². The van der Waals surface area contributed by atoms with Gasteiger partial charge in [-0.3, -0.25) is 0 Å². The Bertz CT molecular complexity index is 394. The zero-order valence-electron chi connectivity index (χ0n) is 7.55. The minimum absolute atomic E-state index is 0.272. The van der Waals surface area contributed by atoms with Gasteiger partial charge in [0.05, 0.1) is 4.90 Å². The average molecular weight is 264 g/mol. The van der Waals surface area contributed by atoms with Crippen molar-refractivity contribution in [2.45, 2.75) is 11.1 Å². The topological polar surface area (TPSA) is 0 Å². The minimum atomic E-state index is -5.49. The normalized spacial score (nSPS) is 12.0. The maximum absolute atomic E-state index is 12.9. The molecule has 0 saturated heterocycles. The summed E-state index contributed by atoms with van der Waals surface area (Å²) in [5, 5.41) is 0. The van der Waals surface area contributed by atoms with Crippen LogP contribution in [0.4, 0.5) is 30.7 Å². The highest BCUT2D eigenvalue weighted by Gasteiger charge is 2.42. The lowest BCUT2D eigenvalue weighted by molar-refractivity contribution is -0.143. The van der Waals surface area contributed by atoms with Crippen molar-refractivity contribution < 1.29 is 30.7 Å². The quantitative estimate of drug-likeness (QED) is 0.420. The first-order valence-corrected chi connectivity index (χ1v) is 4.91. The molecule has 8 heteroatoms. The molecule has 0 amide bonds. The molecule has 0 nitrogen and oxygen atoms in total. The van der Waals surface area contributed by atoms with E-state index in [1.807, 2.05) is 0 Å². The predicted octanol–water partition coefficient (Wildman–Crippen LogP) is 3.98. The number of hydrogen-bond acceptors (Lipinski definition) is 1. The summed E-state index contributed by atoms with van der Waals surface area (Å²) in [5.41, 5.74) is -2.56. The van der Waals surface area contributed by atoms with Crippen LogP contribution in [-0.2, 0) is 6.18 Å². The summed E-state index contributed by atoms with van der Waals surface area (Å²) >= 11 is 0.272. The Morgan fingerprint density at radius 1 is 0.812 bits per heavy atom. The molecule has 0 fully saturated rings. The van der Waals surface area contributed by atoms with Crippen LogP contribution in [0.2, 0.25) is 0 Å². The first-order valence-electron chi connectivity index (χ1n) is 3.69. The lowest BCUT2D eigenvalue weighted by atomic mass is 10.1. The Morgan fingerprint density at radius 2 is 1.19 bits per heavy atom. The lowest BCUT2D eigenvalue weighted by Crippen LogP contribution is -2.15. The molecular weight excluding hydrogens is 261 g/mol. The van der Waals surface area contributed by atoms with Gasteiger partial charge < -0.3 is 0 Å². The molecule has 0 aliphatic rings. The summed E-state index contributed by atoms with van der Waals surface area (Å²) < 4.78 is 87.9. The van der Waals surface area contributed by atoms with E-state index in [0.717, 1.165) is 6.26 Å². The van der Waals surface area contributed by atoms with E-state index < -0.39 is 39.9 Å². The Morgan fingerprint density at radius 3 is 1.44 bits per heavy atom. The number of thioether (sulfide) groups is 1. The van der Waals surface area contributed by atoms with Crippen LogP contribution in [0.1, 0.15) is 5.56 Å². The van der Waals surface area contributed by atoms with Crippen LogP contribution in [0.5, 0.6) is 0 Å². The van der Waals surface area contributed by atoms with Gasteiger partial charge in [0.15, 0.2) is 23.3 Å². The fourth-order valence-electron chi connectivity index (χ4n) is 1.04. The molecule has 0 aliphatic heterocycles. The van der Waals surface area contributed by atoms with Gasteiger partial charge in [-0.05, 0) is 6.26 Å². The highest BCUT2D eigenvalue weighted by Crippen LogP contribution is 2.38. The average Bonchev–Trinajstić information content (AvgIpc) is 2.14. The van der Waals surface area contributed by atoms with Gasteiger partial charge in [-0.2, -0.15) is 13.2 Å². The van der Waals surface area contributed by atoms with Gasteiger partial charge in [-0.25, -0.2) is 17.6 Å². The molecule has 0 N–H and O–H groups in total. The molecule has 0 unspecified atom stereocenters. The van der Waals surface area contributed by atoms with E-state index in [1.165, 1.54) is 0 Å². The zero-order chi connectivity index (χ0) is 12.7. The van der Waals surface area contributed by atoms with Crippen molar-refractivity contribution in [3.63, 3.8) is 0 Å². The van der Waals surface area contributed by atoms with E-state index in [1.54, 1.807) is 0 Å². The number of halogens is 7. The molecule has 0 radical (unpaired) electrons. The van der Waals surface area contributed by atoms with Crippen LogP contribution in [0.15, 0.2) is 4.90 Å². The second-order valence-electron chi connectivity index (χ2n) is 2.66. The molecule has 90 valence electrons. The largest absolute Gasteiger partial charge is 0.422 e. The second kappa shape index (κ2) is 4.15. The molecule has 0 spiro atoms. The molecule has 1 rings (SSSR count). The molecule has 0 heterocycles. The van der Waals surface area contributed by atoms with Gasteiger partial charge in [0.2, 0.25) is 0 Å². The van der Waals surface area contributed by atoms with Gasteiger partial charge in [0.25, 0.3) is 0 Å². The summed E-state index contributed by atoms with van der Waals surface area (Å²) in [4.78, 5) is -1.12. The highest BCUT2D eigenvalue weighted by molar-refractivity contribution is 7.98. The molecule has 0 bridgehead atoms. The number of rotatable bonds is 1. The summed E-state index contributed by atoms with van der Waals surface area (Å²) in [6, 6.07) is 0. The van der Waals surface area contributed by atoms with Crippen LogP contribution in [0.25, 0.3) is 0 Å². The molecule has 0 saturated carbocycles. The Labute approximate surface area is 89.4 Å². The molecule has 16 heavy (non-hydrogen) atoms. The summed E-state index contributed by atoms with van der Waals surface area (Å²) in [5.74, 6) is -8.95. The molecule has 1 aromatic carbocycles.